The Labute approximate surface area is 99.5 Å². The molecule has 3 rings (SSSR count). The van der Waals surface area contributed by atoms with Crippen molar-refractivity contribution < 1.29 is 19.1 Å². The van der Waals surface area contributed by atoms with Gasteiger partial charge in [0.1, 0.15) is 0 Å². The number of carbonyl (C=O) groups excluding carboxylic acids is 2. The molecule has 0 aromatic heterocycles. The van der Waals surface area contributed by atoms with E-state index in [1.165, 1.54) is 0 Å². The highest BCUT2D eigenvalue weighted by Gasteiger charge is 2.23. The van der Waals surface area contributed by atoms with Crippen molar-refractivity contribution >= 4 is 11.9 Å². The van der Waals surface area contributed by atoms with E-state index in [-0.39, 0.29) is 0 Å². The lowest BCUT2D eigenvalue weighted by atomic mass is 10.1. The average Bonchev–Trinajstić information content (AvgIpc) is 2.43. The molecule has 0 amide bonds. The van der Waals surface area contributed by atoms with E-state index in [0.29, 0.717) is 17.5 Å². The van der Waals surface area contributed by atoms with Crippen LogP contribution in [0.4, 0.5) is 0 Å². The Hall–Kier alpha value is -1.84. The lowest BCUT2D eigenvalue weighted by molar-refractivity contribution is -0.0831. The third-order valence-corrected chi connectivity index (χ3v) is 2.63. The molecule has 0 N–H and O–H groups in total. The van der Waals surface area contributed by atoms with E-state index in [0.717, 1.165) is 12.8 Å². The molecular weight excluding hydrogens is 220 g/mol. The fourth-order valence-electron chi connectivity index (χ4n) is 1.63. The zero-order valence-corrected chi connectivity index (χ0v) is 9.64. The molecule has 0 unspecified atom stereocenters. The summed E-state index contributed by atoms with van der Waals surface area (Å²) in [7, 11) is 0. The summed E-state index contributed by atoms with van der Waals surface area (Å²) in [4.78, 5) is 23.4. The van der Waals surface area contributed by atoms with Crippen LogP contribution in [0.5, 0.6) is 0 Å². The molecule has 0 atom stereocenters. The van der Waals surface area contributed by atoms with Gasteiger partial charge < -0.3 is 9.47 Å². The van der Waals surface area contributed by atoms with Crippen molar-refractivity contribution in [1.82, 2.24) is 0 Å². The fraction of sp³-hybridized carbons (Fsp3) is 0.385. The second kappa shape index (κ2) is 4.99. The molecule has 0 radical (unpaired) electrons. The van der Waals surface area contributed by atoms with Crippen molar-refractivity contribution in [2.45, 2.75) is 32.5 Å². The van der Waals surface area contributed by atoms with Crippen molar-refractivity contribution in [2.24, 2.45) is 0 Å². The lowest BCUT2D eigenvalue weighted by Crippen LogP contribution is -2.23. The smallest absolute Gasteiger partial charge is 0.341 e. The number of carbonyl (C=O) groups is 2. The van der Waals surface area contributed by atoms with Crippen LogP contribution in [-0.4, -0.2) is 18.2 Å². The van der Waals surface area contributed by atoms with Crippen molar-refractivity contribution in [3.05, 3.63) is 35.4 Å². The highest BCUT2D eigenvalue weighted by molar-refractivity contribution is 5.94. The highest BCUT2D eigenvalue weighted by atomic mass is 16.7. The average molecular weight is 234 g/mol. The van der Waals surface area contributed by atoms with Crippen LogP contribution in [0.3, 0.4) is 0 Å². The van der Waals surface area contributed by atoms with Gasteiger partial charge in [-0.15, -0.1) is 0 Å². The van der Waals surface area contributed by atoms with E-state index in [4.69, 9.17) is 9.47 Å². The van der Waals surface area contributed by atoms with E-state index in [2.05, 4.69) is 0 Å². The van der Waals surface area contributed by atoms with Gasteiger partial charge in [0.05, 0.1) is 11.1 Å². The monoisotopic (exact) mass is 234 g/mol. The SMILES string of the molecule is CCCCC1OC(=O)c2ccc(cc2)C(=O)O1. The third kappa shape index (κ3) is 2.64. The number of hydrogen-bond donors (Lipinski definition) is 0. The zero-order chi connectivity index (χ0) is 12.3. The summed E-state index contributed by atoms with van der Waals surface area (Å²) in [6.07, 6.45) is 1.56. The minimum atomic E-state index is -0.778. The Morgan fingerprint density at radius 2 is 1.47 bits per heavy atom. The van der Waals surface area contributed by atoms with E-state index in [1.807, 2.05) is 6.92 Å². The van der Waals surface area contributed by atoms with Crippen LogP contribution in [0.15, 0.2) is 24.3 Å². The first-order valence-corrected chi connectivity index (χ1v) is 5.72. The number of fused-ring (bicyclic) bond motifs is 6. The number of hydrogen-bond acceptors (Lipinski definition) is 4. The first-order chi connectivity index (χ1) is 8.20. The van der Waals surface area contributed by atoms with Crippen LogP contribution in [0.2, 0.25) is 0 Å². The Bertz CT molecular complexity index is 385. The molecular formula is C13H14O4. The van der Waals surface area contributed by atoms with Crippen molar-refractivity contribution in [1.29, 1.82) is 0 Å². The molecule has 0 fully saturated rings. The van der Waals surface area contributed by atoms with Gasteiger partial charge in [0.25, 0.3) is 0 Å². The minimum Gasteiger partial charge on any atom is -0.422 e. The fourth-order valence-corrected chi connectivity index (χ4v) is 1.63. The predicted octanol–water partition coefficient (Wildman–Crippen LogP) is 2.53. The predicted molar refractivity (Wildman–Crippen MR) is 60.6 cm³/mol. The normalized spacial score (nSPS) is 15.8. The summed E-state index contributed by atoms with van der Waals surface area (Å²) in [6, 6.07) is 6.28. The van der Waals surface area contributed by atoms with Crippen LogP contribution in [-0.2, 0) is 9.47 Å². The van der Waals surface area contributed by atoms with Gasteiger partial charge in [-0.1, -0.05) is 13.3 Å². The Morgan fingerprint density at radius 3 is 1.88 bits per heavy atom. The Morgan fingerprint density at radius 1 is 1.00 bits per heavy atom. The maximum absolute atomic E-state index is 11.7. The molecule has 2 aliphatic heterocycles. The van der Waals surface area contributed by atoms with Gasteiger partial charge in [-0.2, -0.15) is 0 Å². The van der Waals surface area contributed by atoms with Gasteiger partial charge in [-0.05, 0) is 30.7 Å². The Balaban J connectivity index is 2.21. The zero-order valence-electron chi connectivity index (χ0n) is 9.64. The van der Waals surface area contributed by atoms with Crippen LogP contribution >= 0.6 is 0 Å². The molecule has 2 aliphatic rings. The van der Waals surface area contributed by atoms with Crippen molar-refractivity contribution in [3.8, 4) is 0 Å². The molecule has 4 heteroatoms. The first kappa shape index (κ1) is 11.6. The minimum absolute atomic E-state index is 0.438. The van der Waals surface area contributed by atoms with Gasteiger partial charge in [0, 0.05) is 6.42 Å². The van der Waals surface area contributed by atoms with Gasteiger partial charge in [0.15, 0.2) is 0 Å². The van der Waals surface area contributed by atoms with Crippen molar-refractivity contribution in [3.63, 3.8) is 0 Å². The summed E-state index contributed by atoms with van der Waals surface area (Å²) < 4.78 is 10.3. The summed E-state index contributed by atoms with van der Waals surface area (Å²) in [6.45, 7) is 2.02. The number of unbranched alkanes of at least 4 members (excludes halogenated alkanes) is 1. The van der Waals surface area contributed by atoms with Crippen LogP contribution < -0.4 is 0 Å². The van der Waals surface area contributed by atoms with E-state index >= 15 is 0 Å². The topological polar surface area (TPSA) is 52.6 Å². The molecule has 0 aliphatic carbocycles. The number of benzene rings is 1. The quantitative estimate of drug-likeness (QED) is 0.754. The first-order valence-electron chi connectivity index (χ1n) is 5.72. The highest BCUT2D eigenvalue weighted by Crippen LogP contribution is 2.16. The number of rotatable bonds is 3. The van der Waals surface area contributed by atoms with E-state index in [9.17, 15) is 9.59 Å². The number of esters is 2. The van der Waals surface area contributed by atoms with Gasteiger partial charge in [-0.25, -0.2) is 9.59 Å². The molecule has 1 aromatic carbocycles. The molecule has 0 saturated carbocycles. The van der Waals surface area contributed by atoms with Gasteiger partial charge in [-0.3, -0.25) is 0 Å². The molecule has 1 aromatic rings. The van der Waals surface area contributed by atoms with Crippen LogP contribution in [0.1, 0.15) is 46.9 Å². The summed E-state index contributed by atoms with van der Waals surface area (Å²) in [5.41, 5.74) is 0.877. The molecule has 0 saturated heterocycles. The van der Waals surface area contributed by atoms with E-state index < -0.39 is 18.2 Å². The summed E-state index contributed by atoms with van der Waals surface area (Å²) >= 11 is 0. The summed E-state index contributed by atoms with van der Waals surface area (Å²) in [5, 5.41) is 0. The Kier molecular flexibility index (Phi) is 3.42. The summed E-state index contributed by atoms with van der Waals surface area (Å²) in [5.74, 6) is -0.903. The maximum atomic E-state index is 11.7. The second-order valence-corrected chi connectivity index (χ2v) is 3.96. The molecule has 90 valence electrons. The lowest BCUT2D eigenvalue weighted by Gasteiger charge is -2.16. The van der Waals surface area contributed by atoms with E-state index in [1.54, 1.807) is 24.3 Å². The largest absolute Gasteiger partial charge is 0.422 e. The number of ether oxygens (including phenoxy) is 2. The van der Waals surface area contributed by atoms with Gasteiger partial charge in [0.2, 0.25) is 6.29 Å². The second-order valence-electron chi connectivity index (χ2n) is 3.96. The molecule has 2 heterocycles. The third-order valence-electron chi connectivity index (χ3n) is 2.63. The molecule has 17 heavy (non-hydrogen) atoms. The van der Waals surface area contributed by atoms with Crippen LogP contribution in [0.25, 0.3) is 0 Å². The van der Waals surface area contributed by atoms with Crippen molar-refractivity contribution in [2.75, 3.05) is 0 Å². The maximum Gasteiger partial charge on any atom is 0.341 e. The molecule has 2 bridgehead atoms. The molecule has 0 spiro atoms. The van der Waals surface area contributed by atoms with Crippen LogP contribution in [0, 0.1) is 0 Å². The van der Waals surface area contributed by atoms with Gasteiger partial charge >= 0.3 is 11.9 Å². The molecule has 4 nitrogen and oxygen atoms in total. The standard InChI is InChI=1S/C13H14O4/c1-2-3-4-11-16-12(14)9-5-6-10(8-7-9)13(15)17-11/h5-8,11H,2-4H2,1H3.